The monoisotopic (exact) mass is 377 g/mol. The van der Waals surface area contributed by atoms with Crippen molar-refractivity contribution in [2.24, 2.45) is 0 Å². The molecule has 4 rings (SSSR count). The number of carbonyl (C=O) groups is 1. The Balaban J connectivity index is 1.22. The number of hydrogen-bond donors (Lipinski definition) is 1. The molecular formula is C23H27N3O2. The highest BCUT2D eigenvalue weighted by molar-refractivity contribution is 5.80. The molecule has 1 saturated heterocycles. The van der Waals surface area contributed by atoms with Crippen LogP contribution in [0.5, 0.6) is 0 Å². The quantitative estimate of drug-likeness (QED) is 0.688. The molecule has 0 bridgehead atoms. The van der Waals surface area contributed by atoms with Gasteiger partial charge in [0.2, 0.25) is 5.91 Å². The van der Waals surface area contributed by atoms with Crippen molar-refractivity contribution in [2.45, 2.75) is 25.6 Å². The first-order valence-electron chi connectivity index (χ1n) is 9.96. The van der Waals surface area contributed by atoms with Crippen LogP contribution in [0.3, 0.4) is 0 Å². The molecule has 1 aromatic heterocycles. The Hall–Kier alpha value is -2.63. The molecular weight excluding hydrogens is 350 g/mol. The second-order valence-electron chi connectivity index (χ2n) is 7.34. The van der Waals surface area contributed by atoms with Crippen LogP contribution in [0.25, 0.3) is 10.9 Å². The van der Waals surface area contributed by atoms with E-state index in [4.69, 9.17) is 4.74 Å². The van der Waals surface area contributed by atoms with Crippen molar-refractivity contribution in [3.8, 4) is 0 Å². The molecule has 146 valence electrons. The van der Waals surface area contributed by atoms with E-state index in [-0.39, 0.29) is 12.0 Å². The molecule has 2 heterocycles. The van der Waals surface area contributed by atoms with Crippen molar-refractivity contribution in [1.82, 2.24) is 14.8 Å². The Morgan fingerprint density at radius 1 is 1.07 bits per heavy atom. The van der Waals surface area contributed by atoms with Gasteiger partial charge in [-0.2, -0.15) is 0 Å². The standard InChI is InChI=1S/C23H27N3O2/c27-23(11-13-26-12-10-20-8-4-5-9-22(20)26)24-16-21-18-25(14-15-28-21)17-19-6-2-1-3-7-19/h1-10,12,21H,11,13-18H2,(H,24,27). The molecule has 1 unspecified atom stereocenters. The highest BCUT2D eigenvalue weighted by atomic mass is 16.5. The van der Waals surface area contributed by atoms with E-state index in [1.165, 1.54) is 16.5 Å². The Bertz CT molecular complexity index is 906. The number of carbonyl (C=O) groups excluding carboxylic acids is 1. The molecule has 0 saturated carbocycles. The van der Waals surface area contributed by atoms with E-state index in [2.05, 4.69) is 57.2 Å². The summed E-state index contributed by atoms with van der Waals surface area (Å²) in [4.78, 5) is 14.7. The number of para-hydroxylation sites is 1. The van der Waals surface area contributed by atoms with Crippen molar-refractivity contribution in [3.63, 3.8) is 0 Å². The van der Waals surface area contributed by atoms with Gasteiger partial charge in [-0.05, 0) is 23.1 Å². The molecule has 1 aliphatic rings. The van der Waals surface area contributed by atoms with Crippen molar-refractivity contribution >= 4 is 16.8 Å². The van der Waals surface area contributed by atoms with Gasteiger partial charge in [0, 0.05) is 50.9 Å². The third-order valence-corrected chi connectivity index (χ3v) is 5.26. The van der Waals surface area contributed by atoms with Crippen LogP contribution < -0.4 is 5.32 Å². The van der Waals surface area contributed by atoms with Gasteiger partial charge in [0.1, 0.15) is 0 Å². The average molecular weight is 377 g/mol. The number of aromatic nitrogens is 1. The molecule has 28 heavy (non-hydrogen) atoms. The van der Waals surface area contributed by atoms with E-state index in [9.17, 15) is 4.79 Å². The first-order valence-corrected chi connectivity index (χ1v) is 9.96. The summed E-state index contributed by atoms with van der Waals surface area (Å²) < 4.78 is 7.98. The molecule has 5 heteroatoms. The Morgan fingerprint density at radius 2 is 1.89 bits per heavy atom. The summed E-state index contributed by atoms with van der Waals surface area (Å²) in [5.74, 6) is 0.0709. The fourth-order valence-corrected chi connectivity index (χ4v) is 3.76. The summed E-state index contributed by atoms with van der Waals surface area (Å²) in [7, 11) is 0. The van der Waals surface area contributed by atoms with Crippen LogP contribution in [0.15, 0.2) is 66.9 Å². The summed E-state index contributed by atoms with van der Waals surface area (Å²) in [5, 5.41) is 4.25. The number of nitrogens with one attached hydrogen (secondary N) is 1. The summed E-state index contributed by atoms with van der Waals surface area (Å²) >= 11 is 0. The van der Waals surface area contributed by atoms with Crippen LogP contribution >= 0.6 is 0 Å². The smallest absolute Gasteiger partial charge is 0.221 e. The lowest BCUT2D eigenvalue weighted by molar-refractivity contribution is -0.122. The van der Waals surface area contributed by atoms with E-state index in [0.717, 1.165) is 19.6 Å². The molecule has 1 fully saturated rings. The first kappa shape index (κ1) is 18.7. The fraction of sp³-hybridized carbons (Fsp3) is 0.348. The van der Waals surface area contributed by atoms with E-state index in [1.54, 1.807) is 0 Å². The second kappa shape index (κ2) is 9.04. The SMILES string of the molecule is O=C(CCn1ccc2ccccc21)NCC1CN(Cc2ccccc2)CCO1. The molecule has 2 aromatic carbocycles. The first-order chi connectivity index (χ1) is 13.8. The average Bonchev–Trinajstić information content (AvgIpc) is 3.15. The highest BCUT2D eigenvalue weighted by Crippen LogP contribution is 2.15. The number of benzene rings is 2. The number of fused-ring (bicyclic) bond motifs is 1. The number of morpholine rings is 1. The highest BCUT2D eigenvalue weighted by Gasteiger charge is 2.21. The summed E-state index contributed by atoms with van der Waals surface area (Å²) in [6, 6.07) is 20.8. The molecule has 1 amide bonds. The zero-order valence-electron chi connectivity index (χ0n) is 16.1. The second-order valence-corrected chi connectivity index (χ2v) is 7.34. The van der Waals surface area contributed by atoms with E-state index >= 15 is 0 Å². The van der Waals surface area contributed by atoms with Gasteiger partial charge >= 0.3 is 0 Å². The lowest BCUT2D eigenvalue weighted by Crippen LogP contribution is -2.47. The van der Waals surface area contributed by atoms with Gasteiger partial charge in [0.25, 0.3) is 0 Å². The van der Waals surface area contributed by atoms with Crippen LogP contribution in [-0.4, -0.2) is 47.7 Å². The molecule has 5 nitrogen and oxygen atoms in total. The zero-order chi connectivity index (χ0) is 19.2. The maximum atomic E-state index is 12.3. The Morgan fingerprint density at radius 3 is 2.79 bits per heavy atom. The number of ether oxygens (including phenoxy) is 1. The summed E-state index contributed by atoms with van der Waals surface area (Å²) in [6.45, 7) is 4.66. The van der Waals surface area contributed by atoms with Crippen molar-refractivity contribution < 1.29 is 9.53 Å². The third kappa shape index (κ3) is 4.80. The Kier molecular flexibility index (Phi) is 6.04. The number of nitrogens with zero attached hydrogens (tertiary/aromatic N) is 2. The molecule has 0 aliphatic carbocycles. The summed E-state index contributed by atoms with van der Waals surface area (Å²) in [5.41, 5.74) is 2.48. The van der Waals surface area contributed by atoms with E-state index in [0.29, 0.717) is 26.1 Å². The largest absolute Gasteiger partial charge is 0.374 e. The number of rotatable bonds is 7. The van der Waals surface area contributed by atoms with Gasteiger partial charge in [-0.25, -0.2) is 0 Å². The predicted octanol–water partition coefficient (Wildman–Crippen LogP) is 3.05. The topological polar surface area (TPSA) is 46.5 Å². The van der Waals surface area contributed by atoms with Gasteiger partial charge in [0.05, 0.1) is 12.7 Å². The summed E-state index contributed by atoms with van der Waals surface area (Å²) in [6.07, 6.45) is 2.57. The van der Waals surface area contributed by atoms with Gasteiger partial charge < -0.3 is 14.6 Å². The van der Waals surface area contributed by atoms with Crippen molar-refractivity contribution in [2.75, 3.05) is 26.2 Å². The number of amides is 1. The molecule has 0 radical (unpaired) electrons. The maximum Gasteiger partial charge on any atom is 0.221 e. The molecule has 0 spiro atoms. The predicted molar refractivity (Wildman–Crippen MR) is 111 cm³/mol. The molecule has 1 atom stereocenters. The van der Waals surface area contributed by atoms with Gasteiger partial charge in [0.15, 0.2) is 0 Å². The minimum Gasteiger partial charge on any atom is -0.374 e. The minimum absolute atomic E-state index is 0.0498. The molecule has 1 aliphatic heterocycles. The van der Waals surface area contributed by atoms with Crippen molar-refractivity contribution in [3.05, 3.63) is 72.4 Å². The van der Waals surface area contributed by atoms with Crippen molar-refractivity contribution in [1.29, 1.82) is 0 Å². The lowest BCUT2D eigenvalue weighted by Gasteiger charge is -2.33. The van der Waals surface area contributed by atoms with Crippen LogP contribution in [0.2, 0.25) is 0 Å². The maximum absolute atomic E-state index is 12.3. The van der Waals surface area contributed by atoms with Gasteiger partial charge in [-0.15, -0.1) is 0 Å². The number of aryl methyl sites for hydroxylation is 1. The van der Waals surface area contributed by atoms with Crippen LogP contribution in [-0.2, 0) is 22.6 Å². The number of hydrogen-bond acceptors (Lipinski definition) is 3. The van der Waals surface area contributed by atoms with E-state index < -0.39 is 0 Å². The Labute approximate surface area is 165 Å². The fourth-order valence-electron chi connectivity index (χ4n) is 3.76. The van der Waals surface area contributed by atoms with E-state index in [1.807, 2.05) is 24.4 Å². The van der Waals surface area contributed by atoms with Crippen LogP contribution in [0, 0.1) is 0 Å². The third-order valence-electron chi connectivity index (χ3n) is 5.26. The van der Waals surface area contributed by atoms with Gasteiger partial charge in [-0.3, -0.25) is 9.69 Å². The lowest BCUT2D eigenvalue weighted by atomic mass is 10.2. The van der Waals surface area contributed by atoms with Gasteiger partial charge in [-0.1, -0.05) is 48.5 Å². The molecule has 1 N–H and O–H groups in total. The minimum atomic E-state index is 0.0498. The van der Waals surface area contributed by atoms with Crippen LogP contribution in [0.1, 0.15) is 12.0 Å². The van der Waals surface area contributed by atoms with Crippen LogP contribution in [0.4, 0.5) is 0 Å². The normalized spacial score (nSPS) is 17.6. The zero-order valence-corrected chi connectivity index (χ0v) is 16.1. The molecule has 3 aromatic rings.